The van der Waals surface area contributed by atoms with E-state index in [1.807, 2.05) is 6.19 Å². The number of nitrogens with zero attached hydrogens (tertiary/aromatic N) is 5. The zero-order valence-corrected chi connectivity index (χ0v) is 23.5. The van der Waals surface area contributed by atoms with Crippen LogP contribution in [0.25, 0.3) is 0 Å². The quantitative estimate of drug-likeness (QED) is 0.319. The maximum atomic E-state index is 14.3. The fourth-order valence-electron chi connectivity index (χ4n) is 5.88. The minimum atomic E-state index is -10.0. The smallest absolute Gasteiger partial charge is 0.310 e. The van der Waals surface area contributed by atoms with Crippen LogP contribution >= 0.6 is 10.2 Å². The Morgan fingerprint density at radius 2 is 1.90 bits per heavy atom. The number of halogens is 5. The second-order valence-corrected chi connectivity index (χ2v) is 13.5. The van der Waals surface area contributed by atoms with Crippen LogP contribution in [0.5, 0.6) is 0 Å². The van der Waals surface area contributed by atoms with Crippen LogP contribution in [0.3, 0.4) is 0 Å². The Labute approximate surface area is 239 Å². The van der Waals surface area contributed by atoms with Gasteiger partial charge in [0.1, 0.15) is 17.0 Å². The number of hydrogen-bond donors (Lipinski definition) is 0. The predicted octanol–water partition coefficient (Wildman–Crippen LogP) is 5.02. The third kappa shape index (κ3) is 5.88. The number of pyridine rings is 1. The average molecular weight is 616 g/mol. The molecule has 3 aliphatic heterocycles. The number of nitriles is 1. The Kier molecular flexibility index (Phi) is 7.19. The van der Waals surface area contributed by atoms with E-state index in [-0.39, 0.29) is 41.8 Å². The van der Waals surface area contributed by atoms with Crippen molar-refractivity contribution >= 4 is 27.7 Å². The largest absolute Gasteiger partial charge is 0.380 e. The van der Waals surface area contributed by atoms with Gasteiger partial charge in [-0.05, 0) is 43.2 Å². The van der Waals surface area contributed by atoms with E-state index < -0.39 is 45.1 Å². The van der Waals surface area contributed by atoms with Crippen LogP contribution in [0.1, 0.15) is 30.9 Å². The molecule has 0 N–H and O–H groups in total. The number of benzene rings is 1. The van der Waals surface area contributed by atoms with Crippen LogP contribution in [0.4, 0.5) is 25.1 Å². The summed E-state index contributed by atoms with van der Waals surface area (Å²) >= 11 is 0. The first kappa shape index (κ1) is 30.0. The van der Waals surface area contributed by atoms with E-state index in [9.17, 15) is 34.3 Å². The fraction of sp³-hybridized carbons (Fsp3) is 0.481. The number of rotatable bonds is 7. The molecule has 0 unspecified atom stereocenters. The van der Waals surface area contributed by atoms with Gasteiger partial charge in [-0.2, -0.15) is 5.26 Å². The van der Waals surface area contributed by atoms with Crippen LogP contribution in [0, 0.1) is 16.9 Å². The second-order valence-electron chi connectivity index (χ2n) is 11.1. The first-order chi connectivity index (χ1) is 19.6. The number of aromatic nitrogens is 1. The van der Waals surface area contributed by atoms with Crippen LogP contribution in [-0.2, 0) is 19.1 Å². The van der Waals surface area contributed by atoms with Gasteiger partial charge in [-0.25, -0.2) is 0 Å². The highest BCUT2D eigenvalue weighted by Crippen LogP contribution is 3.02. The molecule has 9 nitrogen and oxygen atoms in total. The van der Waals surface area contributed by atoms with Gasteiger partial charge < -0.3 is 14.4 Å². The lowest BCUT2D eigenvalue weighted by molar-refractivity contribution is -0.160. The number of amides is 2. The van der Waals surface area contributed by atoms with Crippen molar-refractivity contribution in [2.75, 3.05) is 44.9 Å². The summed E-state index contributed by atoms with van der Waals surface area (Å²) in [7, 11) is -8.60. The molecule has 2 amide bonds. The van der Waals surface area contributed by atoms with Crippen molar-refractivity contribution in [2.45, 2.75) is 42.3 Å². The molecular formula is C27H30F5N5O4S. The first-order valence-electron chi connectivity index (χ1n) is 13.3. The molecular weight excluding hydrogens is 585 g/mol. The molecule has 15 heteroatoms. The molecule has 228 valence electrons. The Morgan fingerprint density at radius 1 is 1.19 bits per heavy atom. The Bertz CT molecular complexity index is 1390. The van der Waals surface area contributed by atoms with Crippen LogP contribution in [0.2, 0.25) is 0 Å². The third-order valence-corrected chi connectivity index (χ3v) is 9.25. The van der Waals surface area contributed by atoms with Crippen LogP contribution in [-0.4, -0.2) is 78.7 Å². The number of methoxy groups -OCH3 is 1. The summed E-state index contributed by atoms with van der Waals surface area (Å²) < 4.78 is 78.5. The van der Waals surface area contributed by atoms with Crippen molar-refractivity contribution in [3.63, 3.8) is 0 Å². The molecule has 1 aromatic heterocycles. The van der Waals surface area contributed by atoms with Gasteiger partial charge in [-0.3, -0.25) is 24.4 Å². The number of piperidine rings is 1. The number of carbonyl (C=O) groups excluding carboxylic acids is 2. The monoisotopic (exact) mass is 615 g/mol. The van der Waals surface area contributed by atoms with Gasteiger partial charge in [0.05, 0.1) is 25.9 Å². The molecule has 3 aliphatic rings. The van der Waals surface area contributed by atoms with Crippen molar-refractivity contribution < 1.29 is 38.5 Å². The van der Waals surface area contributed by atoms with Crippen LogP contribution in [0.15, 0.2) is 53.7 Å². The molecule has 1 spiro atoms. The predicted molar refractivity (Wildman–Crippen MR) is 143 cm³/mol. The molecule has 0 bridgehead atoms. The number of ether oxygens (including phenoxy) is 2. The van der Waals surface area contributed by atoms with Gasteiger partial charge >= 0.3 is 10.2 Å². The van der Waals surface area contributed by atoms with Crippen LogP contribution < -0.4 is 4.90 Å². The summed E-state index contributed by atoms with van der Waals surface area (Å²) in [6, 6.07) is 2.49. The second kappa shape index (κ2) is 10.1. The van der Waals surface area contributed by atoms with Gasteiger partial charge in [-0.15, -0.1) is 0 Å². The standard InChI is InChI=1S/C27H30F5N5O4S/c1-40-21-12-23(36(14-21)18-33)25(38)37(20-5-7-22(8-6-20)42(28,29,30,31)32)24(19-4-2-10-34-13-19)26(39)35-11-3-9-27(15-35)16-41-17-27/h2,4-8,10,13,21,23-24H,3,9,11-12,14-17H2,1H3/t21-,23-,24-/m1/s1. The summed E-state index contributed by atoms with van der Waals surface area (Å²) in [6.45, 7) is 1.77. The number of likely N-dealkylation sites (tertiary alicyclic amines) is 2. The van der Waals surface area contributed by atoms with Gasteiger partial charge in [0.25, 0.3) is 5.91 Å². The normalized spacial score (nSPS) is 24.2. The van der Waals surface area contributed by atoms with Crippen molar-refractivity contribution in [1.29, 1.82) is 5.26 Å². The van der Waals surface area contributed by atoms with E-state index in [1.54, 1.807) is 17.0 Å². The highest BCUT2D eigenvalue weighted by atomic mass is 32.5. The minimum absolute atomic E-state index is 0.0705. The topological polar surface area (TPSA) is 99.0 Å². The number of anilines is 1. The lowest BCUT2D eigenvalue weighted by atomic mass is 9.78. The third-order valence-electron chi connectivity index (χ3n) is 8.09. The fourth-order valence-corrected chi connectivity index (χ4v) is 6.53. The summed E-state index contributed by atoms with van der Waals surface area (Å²) in [5.74, 6) is -1.28. The number of carbonyl (C=O) groups is 2. The first-order valence-corrected chi connectivity index (χ1v) is 15.2. The highest BCUT2D eigenvalue weighted by molar-refractivity contribution is 8.45. The lowest BCUT2D eigenvalue weighted by Gasteiger charge is -2.49. The van der Waals surface area contributed by atoms with E-state index in [1.165, 1.54) is 24.4 Å². The molecule has 3 fully saturated rings. The van der Waals surface area contributed by atoms with Gasteiger partial charge in [0.15, 0.2) is 6.19 Å². The van der Waals surface area contributed by atoms with Gasteiger partial charge in [-0.1, -0.05) is 25.5 Å². The van der Waals surface area contributed by atoms with E-state index in [4.69, 9.17) is 9.47 Å². The Morgan fingerprint density at radius 3 is 2.45 bits per heavy atom. The maximum Gasteiger partial charge on any atom is 0.310 e. The van der Waals surface area contributed by atoms with Crippen molar-refractivity contribution in [1.82, 2.24) is 14.8 Å². The average Bonchev–Trinajstić information content (AvgIpc) is 3.37. The van der Waals surface area contributed by atoms with Crippen molar-refractivity contribution in [3.05, 3.63) is 54.4 Å². The molecule has 0 aliphatic carbocycles. The zero-order chi connectivity index (χ0) is 30.4. The van der Waals surface area contributed by atoms with E-state index in [0.29, 0.717) is 32.7 Å². The highest BCUT2D eigenvalue weighted by Gasteiger charge is 2.65. The summed E-state index contributed by atoms with van der Waals surface area (Å²) in [5, 5.41) is 9.74. The van der Waals surface area contributed by atoms with E-state index >= 15 is 0 Å². The Hall–Kier alpha value is -3.48. The summed E-state index contributed by atoms with van der Waals surface area (Å²) in [6.07, 6.45) is 5.88. The van der Waals surface area contributed by atoms with Crippen molar-refractivity contribution in [3.8, 4) is 6.19 Å². The molecule has 3 saturated heterocycles. The van der Waals surface area contributed by atoms with Gasteiger partial charge in [0.2, 0.25) is 5.91 Å². The maximum absolute atomic E-state index is 14.3. The molecule has 3 atom stereocenters. The molecule has 5 rings (SSSR count). The van der Waals surface area contributed by atoms with Gasteiger partial charge in [0, 0.05) is 55.7 Å². The lowest BCUT2D eigenvalue weighted by Crippen LogP contribution is -2.58. The Balaban J connectivity index is 1.62. The molecule has 4 heterocycles. The molecule has 0 saturated carbocycles. The SMILES string of the molecule is CO[C@@H]1C[C@H](C(=O)N(c2ccc(S(F)(F)(F)(F)F)cc2)[C@@H](C(=O)N2CCCC3(COC3)C2)c2cccnc2)N(C#N)C1. The molecule has 42 heavy (non-hydrogen) atoms. The van der Waals surface area contributed by atoms with Crippen molar-refractivity contribution in [2.24, 2.45) is 5.41 Å². The summed E-state index contributed by atoms with van der Waals surface area (Å²) in [5.41, 5.74) is -0.174. The number of hydrogen-bond acceptors (Lipinski definition) is 7. The van der Waals surface area contributed by atoms with E-state index in [0.717, 1.165) is 23.5 Å². The molecule has 2 aromatic rings. The summed E-state index contributed by atoms with van der Waals surface area (Å²) in [4.78, 5) is 34.4. The molecule has 1 aromatic carbocycles. The minimum Gasteiger partial charge on any atom is -0.380 e. The zero-order valence-electron chi connectivity index (χ0n) is 22.7. The molecule has 0 radical (unpaired) electrons. The van der Waals surface area contributed by atoms with E-state index in [2.05, 4.69) is 4.98 Å².